The molecule has 1 aromatic rings. The summed E-state index contributed by atoms with van der Waals surface area (Å²) in [5, 5.41) is 4.20. The Hall–Kier alpha value is -2.12. The van der Waals surface area contributed by atoms with Crippen LogP contribution in [0.1, 0.15) is 101 Å². The zero-order chi connectivity index (χ0) is 25.3. The molecule has 3 saturated carbocycles. The second-order valence-electron chi connectivity index (χ2n) is 11.8. The van der Waals surface area contributed by atoms with E-state index in [1.54, 1.807) is 0 Å². The molecular weight excluding hydrogens is 457 g/mol. The Morgan fingerprint density at radius 1 is 1.09 bits per heavy atom. The second kappa shape index (κ2) is 8.20. The zero-order valence-corrected chi connectivity index (χ0v) is 21.0. The number of fused-ring (bicyclic) bond motifs is 5. The van der Waals surface area contributed by atoms with Crippen molar-refractivity contribution in [2.24, 2.45) is 28.6 Å². The highest BCUT2D eigenvalue weighted by molar-refractivity contribution is 5.76. The number of esters is 1. The third-order valence-corrected chi connectivity index (χ3v) is 10.1. The molecule has 8 heteroatoms. The molecule has 0 unspecified atom stereocenters. The highest BCUT2D eigenvalue weighted by Gasteiger charge is 2.59. The minimum Gasteiger partial charge on any atom is -0.462 e. The number of rotatable bonds is 2. The lowest BCUT2D eigenvalue weighted by Gasteiger charge is -2.58. The highest BCUT2D eigenvalue weighted by Crippen LogP contribution is 2.68. The van der Waals surface area contributed by atoms with Gasteiger partial charge in [0, 0.05) is 26.2 Å². The van der Waals surface area contributed by atoms with Gasteiger partial charge in [-0.2, -0.15) is 23.0 Å². The number of hydrogen-bond donors (Lipinski definition) is 0. The first-order valence-corrected chi connectivity index (χ1v) is 12.9. The molecule has 0 bridgehead atoms. The molecule has 0 aromatic carbocycles. The molecule has 0 aliphatic heterocycles. The van der Waals surface area contributed by atoms with Crippen LogP contribution in [0.15, 0.2) is 17.7 Å². The van der Waals surface area contributed by atoms with Crippen molar-refractivity contribution in [3.05, 3.63) is 29.1 Å². The van der Waals surface area contributed by atoms with Gasteiger partial charge in [0.2, 0.25) is 5.91 Å². The molecule has 192 valence electrons. The average Bonchev–Trinajstić information content (AvgIpc) is 3.35. The Labute approximate surface area is 204 Å². The van der Waals surface area contributed by atoms with Crippen molar-refractivity contribution in [1.82, 2.24) is 9.78 Å². The van der Waals surface area contributed by atoms with Crippen molar-refractivity contribution >= 4 is 11.9 Å². The van der Waals surface area contributed by atoms with E-state index in [-0.39, 0.29) is 28.8 Å². The van der Waals surface area contributed by atoms with Gasteiger partial charge in [0.25, 0.3) is 0 Å². The number of nitrogens with zero attached hydrogens (tertiary/aromatic N) is 2. The van der Waals surface area contributed by atoms with E-state index in [0.717, 1.165) is 64.4 Å². The lowest BCUT2D eigenvalue weighted by molar-refractivity contribution is -0.148. The highest BCUT2D eigenvalue weighted by atomic mass is 19.4. The van der Waals surface area contributed by atoms with Gasteiger partial charge < -0.3 is 4.74 Å². The molecule has 0 radical (unpaired) electrons. The Bertz CT molecular complexity index is 1080. The van der Waals surface area contributed by atoms with Crippen molar-refractivity contribution in [3.8, 4) is 0 Å². The van der Waals surface area contributed by atoms with Crippen LogP contribution < -0.4 is 0 Å². The fraction of sp³-hybridized carbons (Fsp3) is 0.741. The lowest BCUT2D eigenvalue weighted by Crippen LogP contribution is -2.50. The summed E-state index contributed by atoms with van der Waals surface area (Å²) in [5.74, 6) is 0.443. The molecule has 4 aliphatic rings. The number of carbonyl (C=O) groups is 2. The molecule has 4 aliphatic carbocycles. The number of ether oxygens (including phenoxy) is 1. The van der Waals surface area contributed by atoms with Crippen LogP contribution in [0.5, 0.6) is 0 Å². The van der Waals surface area contributed by atoms with E-state index in [1.807, 2.05) is 0 Å². The Kier molecular flexibility index (Phi) is 5.76. The third-order valence-electron chi connectivity index (χ3n) is 10.1. The summed E-state index contributed by atoms with van der Waals surface area (Å²) in [4.78, 5) is 23.4. The Morgan fingerprint density at radius 3 is 2.46 bits per heavy atom. The van der Waals surface area contributed by atoms with Crippen LogP contribution in [0.2, 0.25) is 0 Å². The van der Waals surface area contributed by atoms with Crippen LogP contribution in [0.3, 0.4) is 0 Å². The van der Waals surface area contributed by atoms with Gasteiger partial charge in [0.1, 0.15) is 6.10 Å². The standard InChI is InChI=1S/C27H35F3N2O3/c1-15(33)32-24(27(28,29)30)14-23(31-32)22-8-7-20-19-6-5-17-13-18(35-16(2)34)9-11-25(17,3)21(19)10-12-26(20,22)4/h5,14,18-22H,6-13H2,1-4H3/t18-,19-,20-,21-,22+,25+,26-/m1/s1. The van der Waals surface area contributed by atoms with Crippen molar-refractivity contribution in [3.63, 3.8) is 0 Å². The fourth-order valence-electron chi connectivity index (χ4n) is 8.46. The molecule has 5 nitrogen and oxygen atoms in total. The van der Waals surface area contributed by atoms with E-state index in [0.29, 0.717) is 28.1 Å². The van der Waals surface area contributed by atoms with Gasteiger partial charge in [-0.3, -0.25) is 9.59 Å². The number of aromatic nitrogens is 2. The van der Waals surface area contributed by atoms with Crippen LogP contribution in [-0.2, 0) is 15.7 Å². The van der Waals surface area contributed by atoms with E-state index in [4.69, 9.17) is 4.74 Å². The molecule has 0 saturated heterocycles. The summed E-state index contributed by atoms with van der Waals surface area (Å²) in [6, 6.07) is 1.11. The first-order chi connectivity index (χ1) is 16.3. The Morgan fingerprint density at radius 2 is 1.83 bits per heavy atom. The molecule has 5 rings (SSSR count). The summed E-state index contributed by atoms with van der Waals surface area (Å²) in [6.07, 6.45) is 5.18. The first kappa shape index (κ1) is 24.6. The predicted octanol–water partition coefficient (Wildman–Crippen LogP) is 6.54. The minimum absolute atomic E-state index is 0.0349. The van der Waals surface area contributed by atoms with E-state index >= 15 is 0 Å². The van der Waals surface area contributed by atoms with Crippen molar-refractivity contribution in [2.75, 3.05) is 0 Å². The SMILES string of the molecule is CC(=O)O[C@@H]1CC[C@@]2(C)C(=CC[C@@H]3[C@H]4CC[C@@H](c5cc(C(F)(F)F)n(C(C)=O)n5)[C@]4(C)CC[C@H]32)C1. The first-order valence-electron chi connectivity index (χ1n) is 12.9. The number of alkyl halides is 3. The molecule has 7 atom stereocenters. The van der Waals surface area contributed by atoms with Crippen LogP contribution >= 0.6 is 0 Å². The molecule has 0 spiro atoms. The molecular formula is C27H35F3N2O3. The predicted molar refractivity (Wildman–Crippen MR) is 124 cm³/mol. The van der Waals surface area contributed by atoms with Gasteiger partial charge in [0.05, 0.1) is 5.69 Å². The quantitative estimate of drug-likeness (QED) is 0.347. The van der Waals surface area contributed by atoms with Crippen molar-refractivity contribution < 1.29 is 27.5 Å². The molecule has 3 fully saturated rings. The smallest absolute Gasteiger partial charge is 0.433 e. The number of allylic oxidation sites excluding steroid dienone is 1. The summed E-state index contributed by atoms with van der Waals surface area (Å²) in [5.41, 5.74) is 0.832. The Balaban J connectivity index is 1.42. The van der Waals surface area contributed by atoms with Crippen molar-refractivity contribution in [1.29, 1.82) is 0 Å². The van der Waals surface area contributed by atoms with E-state index in [2.05, 4.69) is 25.0 Å². The third kappa shape index (κ3) is 3.86. The zero-order valence-electron chi connectivity index (χ0n) is 21.0. The minimum atomic E-state index is -4.61. The largest absolute Gasteiger partial charge is 0.462 e. The van der Waals surface area contributed by atoms with Gasteiger partial charge >= 0.3 is 12.1 Å². The van der Waals surface area contributed by atoms with Gasteiger partial charge in [-0.1, -0.05) is 25.5 Å². The number of carbonyl (C=O) groups excluding carboxylic acids is 2. The summed E-state index contributed by atoms with van der Waals surface area (Å²) in [6.45, 7) is 7.21. The molecule has 1 aromatic heterocycles. The molecule has 0 amide bonds. The van der Waals surface area contributed by atoms with E-state index < -0.39 is 17.8 Å². The molecule has 1 heterocycles. The van der Waals surface area contributed by atoms with Crippen molar-refractivity contribution in [2.45, 2.75) is 97.3 Å². The normalized spacial score (nSPS) is 38.7. The van der Waals surface area contributed by atoms with E-state index in [1.165, 1.54) is 12.5 Å². The van der Waals surface area contributed by atoms with Crippen LogP contribution in [-0.4, -0.2) is 27.8 Å². The van der Waals surface area contributed by atoms with Gasteiger partial charge in [-0.05, 0) is 79.6 Å². The topological polar surface area (TPSA) is 61.2 Å². The maximum absolute atomic E-state index is 13.6. The number of halogens is 3. The summed E-state index contributed by atoms with van der Waals surface area (Å²) >= 11 is 0. The summed E-state index contributed by atoms with van der Waals surface area (Å²) in [7, 11) is 0. The average molecular weight is 493 g/mol. The maximum atomic E-state index is 13.6. The van der Waals surface area contributed by atoms with Gasteiger partial charge in [-0.15, -0.1) is 0 Å². The lowest BCUT2D eigenvalue weighted by atomic mass is 9.47. The van der Waals surface area contributed by atoms with Crippen LogP contribution in [0, 0.1) is 28.6 Å². The van der Waals surface area contributed by atoms with Crippen LogP contribution in [0.25, 0.3) is 0 Å². The van der Waals surface area contributed by atoms with E-state index in [9.17, 15) is 22.8 Å². The molecule has 35 heavy (non-hydrogen) atoms. The summed E-state index contributed by atoms with van der Waals surface area (Å²) < 4.78 is 46.9. The van der Waals surface area contributed by atoms with Gasteiger partial charge in [-0.25, -0.2) is 0 Å². The maximum Gasteiger partial charge on any atom is 0.433 e. The van der Waals surface area contributed by atoms with Gasteiger partial charge in [0.15, 0.2) is 5.69 Å². The monoisotopic (exact) mass is 492 g/mol. The number of hydrogen-bond acceptors (Lipinski definition) is 4. The fourth-order valence-corrected chi connectivity index (χ4v) is 8.46. The second-order valence-corrected chi connectivity index (χ2v) is 11.8. The molecule has 0 N–H and O–H groups in total. The van der Waals surface area contributed by atoms with Crippen LogP contribution in [0.4, 0.5) is 13.2 Å².